The van der Waals surface area contributed by atoms with Gasteiger partial charge in [0, 0.05) is 82.0 Å². The van der Waals surface area contributed by atoms with Crippen LogP contribution in [0, 0.1) is 22.8 Å². The van der Waals surface area contributed by atoms with Crippen LogP contribution in [-0.2, 0) is 44.2 Å². The van der Waals surface area contributed by atoms with Gasteiger partial charge in [-0.05, 0) is 79.0 Å². The fraction of sp³-hybridized carbons (Fsp3) is 0.367. The standard InChI is InChI=1S/C34H27N2S.C15H28O2.Ir/c1-21(2)16-25-19-35-20-30-27(25)12-13-31-32(30)28-14-15-36-33(34(28)37-31)24-17-23-10-6-7-11-26(23)29(18-24)22-8-4-3-5-9-22;1-7-14(5,8-2)12(16)11-13(17)15(6,9-3)10-4;/h3-11,14-15,18-21H,12-13,16H2,1-2H3;11,16H,7-10H2,1-6H3;/q-1;;/b;12-11-;. The monoisotopic (exact) mass is 928 g/mol. The van der Waals surface area contributed by atoms with Crippen LogP contribution in [0.1, 0.15) is 97.1 Å². The maximum absolute atomic E-state index is 12.2. The van der Waals surface area contributed by atoms with Crippen LogP contribution < -0.4 is 0 Å². The average molecular weight is 928 g/mol. The molecule has 1 aliphatic rings. The van der Waals surface area contributed by atoms with E-state index < -0.39 is 0 Å². The van der Waals surface area contributed by atoms with E-state index in [-0.39, 0.29) is 42.5 Å². The second-order valence-corrected chi connectivity index (χ2v) is 16.9. The molecule has 0 saturated carbocycles. The van der Waals surface area contributed by atoms with E-state index >= 15 is 0 Å². The molecule has 1 N–H and O–H groups in total. The molecule has 0 unspecified atom stereocenters. The van der Waals surface area contributed by atoms with Crippen molar-refractivity contribution >= 4 is 38.0 Å². The predicted octanol–water partition coefficient (Wildman–Crippen LogP) is 13.6. The van der Waals surface area contributed by atoms with Gasteiger partial charge in [0.25, 0.3) is 0 Å². The van der Waals surface area contributed by atoms with Crippen molar-refractivity contribution in [2.45, 2.75) is 100 Å². The Bertz CT molecular complexity index is 2300. The van der Waals surface area contributed by atoms with Crippen molar-refractivity contribution in [3.05, 3.63) is 119 Å². The molecule has 55 heavy (non-hydrogen) atoms. The summed E-state index contributed by atoms with van der Waals surface area (Å²) < 4.78 is 1.25. The van der Waals surface area contributed by atoms with Crippen molar-refractivity contribution in [2.75, 3.05) is 0 Å². The molecule has 1 aliphatic carbocycles. The van der Waals surface area contributed by atoms with Crippen molar-refractivity contribution in [3.8, 4) is 33.5 Å². The second-order valence-electron chi connectivity index (χ2n) is 15.8. The molecule has 3 heterocycles. The Morgan fingerprint density at radius 3 is 2.22 bits per heavy atom. The fourth-order valence-corrected chi connectivity index (χ4v) is 8.84. The summed E-state index contributed by atoms with van der Waals surface area (Å²) in [4.78, 5) is 23.2. The Kier molecular flexibility index (Phi) is 13.7. The number of carbonyl (C=O) groups excluding carboxylic acids is 1. The quantitative estimate of drug-likeness (QED) is 0.0799. The number of rotatable bonds is 11. The zero-order chi connectivity index (χ0) is 38.6. The number of carbonyl (C=O) groups is 1. The number of benzene rings is 3. The maximum Gasteiger partial charge on any atom is 0.164 e. The van der Waals surface area contributed by atoms with Gasteiger partial charge in [0.2, 0.25) is 0 Å². The van der Waals surface area contributed by atoms with Gasteiger partial charge in [-0.3, -0.25) is 14.8 Å². The SMILES string of the molecule is CC(C)Cc1cncc2c1CCc1sc3c(-c4[c-]c5ccccc5c(-c5ccccc5)c4)nccc3c1-2.CCC(C)(CC)C(=O)/C=C(\O)C(C)(CC)CC.[Ir]. The van der Waals surface area contributed by atoms with E-state index in [4.69, 9.17) is 4.98 Å². The molecule has 7 rings (SSSR count). The van der Waals surface area contributed by atoms with Gasteiger partial charge in [0.05, 0.1) is 0 Å². The number of nitrogens with zero attached hydrogens (tertiary/aromatic N) is 2. The van der Waals surface area contributed by atoms with Gasteiger partial charge in [-0.2, -0.15) is 0 Å². The van der Waals surface area contributed by atoms with Crippen molar-refractivity contribution in [1.29, 1.82) is 0 Å². The zero-order valence-corrected chi connectivity index (χ0v) is 36.9. The van der Waals surface area contributed by atoms with Crippen molar-refractivity contribution in [2.24, 2.45) is 16.7 Å². The Morgan fingerprint density at radius 2 is 1.55 bits per heavy atom. The number of aryl methyl sites for hydroxylation is 1. The minimum Gasteiger partial charge on any atom is -0.512 e. The van der Waals surface area contributed by atoms with Crippen LogP contribution in [-0.4, -0.2) is 20.9 Å². The summed E-state index contributed by atoms with van der Waals surface area (Å²) >= 11 is 1.90. The number of thiophene rings is 1. The summed E-state index contributed by atoms with van der Waals surface area (Å²) in [6.45, 7) is 16.7. The van der Waals surface area contributed by atoms with E-state index in [0.29, 0.717) is 5.92 Å². The molecule has 4 nitrogen and oxygen atoms in total. The first-order valence-electron chi connectivity index (χ1n) is 19.8. The number of allylic oxidation sites excluding steroid dienone is 2. The molecule has 0 aliphatic heterocycles. The first-order valence-corrected chi connectivity index (χ1v) is 20.6. The smallest absolute Gasteiger partial charge is 0.164 e. The van der Waals surface area contributed by atoms with E-state index in [1.54, 1.807) is 0 Å². The van der Waals surface area contributed by atoms with E-state index in [0.717, 1.165) is 61.6 Å². The van der Waals surface area contributed by atoms with Crippen LogP contribution in [0.15, 0.2) is 97.2 Å². The van der Waals surface area contributed by atoms with Crippen molar-refractivity contribution in [3.63, 3.8) is 0 Å². The molecule has 0 atom stereocenters. The van der Waals surface area contributed by atoms with Crippen LogP contribution in [0.25, 0.3) is 54.4 Å². The molecular formula is C49H55IrN2O2S-. The molecule has 3 aromatic carbocycles. The number of hydrogen-bond acceptors (Lipinski definition) is 5. The first-order chi connectivity index (χ1) is 26.0. The number of aliphatic hydroxyl groups is 1. The summed E-state index contributed by atoms with van der Waals surface area (Å²) in [7, 11) is 0. The largest absolute Gasteiger partial charge is 0.512 e. The Balaban J connectivity index is 0.000000276. The van der Waals surface area contributed by atoms with E-state index in [1.165, 1.54) is 59.8 Å². The molecule has 0 spiro atoms. The van der Waals surface area contributed by atoms with Crippen molar-refractivity contribution in [1.82, 2.24) is 9.97 Å². The van der Waals surface area contributed by atoms with Crippen LogP contribution in [0.3, 0.4) is 0 Å². The van der Waals surface area contributed by atoms with Crippen molar-refractivity contribution < 1.29 is 30.0 Å². The molecule has 0 fully saturated rings. The third-order valence-corrected chi connectivity index (χ3v) is 13.3. The van der Waals surface area contributed by atoms with Crippen LogP contribution >= 0.6 is 11.3 Å². The van der Waals surface area contributed by atoms with Gasteiger partial charge in [-0.15, -0.1) is 34.9 Å². The number of hydrogen-bond donors (Lipinski definition) is 1. The molecule has 289 valence electrons. The van der Waals surface area contributed by atoms with Gasteiger partial charge in [0.1, 0.15) is 5.76 Å². The number of fused-ring (bicyclic) bond motifs is 6. The number of aliphatic hydroxyl groups excluding tert-OH is 1. The molecule has 0 amide bonds. The predicted molar refractivity (Wildman–Crippen MR) is 229 cm³/mol. The fourth-order valence-electron chi connectivity index (χ4n) is 7.53. The van der Waals surface area contributed by atoms with Crippen LogP contribution in [0.2, 0.25) is 0 Å². The summed E-state index contributed by atoms with van der Waals surface area (Å²) in [5.41, 5.74) is 9.47. The molecule has 1 radical (unpaired) electrons. The maximum atomic E-state index is 12.2. The molecular weight excluding hydrogens is 873 g/mol. The minimum atomic E-state index is -0.337. The molecule has 3 aromatic heterocycles. The Hall–Kier alpha value is -3.96. The number of pyridine rings is 2. The number of ketones is 1. The van der Waals surface area contributed by atoms with Gasteiger partial charge in [-0.25, -0.2) is 0 Å². The van der Waals surface area contributed by atoms with Gasteiger partial charge in [0.15, 0.2) is 5.78 Å². The van der Waals surface area contributed by atoms with Gasteiger partial charge < -0.3 is 5.11 Å². The molecule has 6 aromatic rings. The third-order valence-electron chi connectivity index (χ3n) is 12.0. The molecule has 0 saturated heterocycles. The summed E-state index contributed by atoms with van der Waals surface area (Å²) in [6, 6.07) is 27.4. The van der Waals surface area contributed by atoms with Gasteiger partial charge >= 0.3 is 0 Å². The Labute approximate surface area is 345 Å². The van der Waals surface area contributed by atoms with E-state index in [9.17, 15) is 9.90 Å². The number of aromatic nitrogens is 2. The summed E-state index contributed by atoms with van der Waals surface area (Å²) in [6.07, 6.45) is 14.1. The van der Waals surface area contributed by atoms with E-state index in [2.05, 4.69) is 104 Å². The summed E-state index contributed by atoms with van der Waals surface area (Å²) in [5.74, 6) is 0.903. The zero-order valence-electron chi connectivity index (χ0n) is 33.7. The average Bonchev–Trinajstić information content (AvgIpc) is 3.60. The molecule has 6 heteroatoms. The topological polar surface area (TPSA) is 63.1 Å². The van der Waals surface area contributed by atoms with E-state index in [1.807, 2.05) is 59.1 Å². The summed E-state index contributed by atoms with van der Waals surface area (Å²) in [5, 5.41) is 13.8. The van der Waals surface area contributed by atoms with Gasteiger partial charge in [-0.1, -0.05) is 120 Å². The molecule has 0 bridgehead atoms. The second kappa shape index (κ2) is 17.9. The third kappa shape index (κ3) is 8.58. The van der Waals surface area contributed by atoms with Crippen LogP contribution in [0.4, 0.5) is 0 Å². The normalized spacial score (nSPS) is 12.9. The van der Waals surface area contributed by atoms with Crippen LogP contribution in [0.5, 0.6) is 0 Å². The first kappa shape index (κ1) is 42.2. The minimum absolute atomic E-state index is 0. The Morgan fingerprint density at radius 1 is 0.873 bits per heavy atom.